The largest absolute Gasteiger partial charge is 0.351 e. The fourth-order valence-corrected chi connectivity index (χ4v) is 2.94. The van der Waals surface area contributed by atoms with E-state index in [2.05, 4.69) is 10.4 Å². The Kier molecular flexibility index (Phi) is 6.87. The Morgan fingerprint density at radius 1 is 1.20 bits per heavy atom. The van der Waals surface area contributed by atoms with Crippen molar-refractivity contribution in [1.82, 2.24) is 20.0 Å². The monoisotopic (exact) mass is 382 g/mol. The van der Waals surface area contributed by atoms with E-state index >= 15 is 0 Å². The zero-order valence-corrected chi connectivity index (χ0v) is 16.6. The number of carbonyl (C=O) groups is 1. The Balaban J connectivity index is 2.41. The Labute approximate surface area is 158 Å². The first-order valence-corrected chi connectivity index (χ1v) is 9.13. The van der Waals surface area contributed by atoms with E-state index in [9.17, 15) is 4.79 Å². The summed E-state index contributed by atoms with van der Waals surface area (Å²) in [5.41, 5.74) is 3.12. The third-order valence-corrected chi connectivity index (χ3v) is 4.68. The smallest absolute Gasteiger partial charge is 0.255 e. The Hall–Kier alpha value is -1.56. The number of aryl methyl sites for hydroxylation is 1. The molecule has 0 bridgehead atoms. The van der Waals surface area contributed by atoms with Gasteiger partial charge in [0, 0.05) is 13.1 Å². The molecule has 1 amide bonds. The summed E-state index contributed by atoms with van der Waals surface area (Å²) in [6.07, 6.45) is 1.36. The maximum atomic E-state index is 12.7. The number of hydrogen-bond acceptors (Lipinski definition) is 3. The number of hydrogen-bond donors (Lipinski definition) is 1. The van der Waals surface area contributed by atoms with E-state index in [0.29, 0.717) is 35.0 Å². The highest BCUT2D eigenvalue weighted by Crippen LogP contribution is 2.27. The fraction of sp³-hybridized carbons (Fsp3) is 0.444. The molecule has 7 heteroatoms. The van der Waals surface area contributed by atoms with Crippen LogP contribution in [0.4, 0.5) is 0 Å². The highest BCUT2D eigenvalue weighted by atomic mass is 35.5. The summed E-state index contributed by atoms with van der Waals surface area (Å²) in [4.78, 5) is 14.7. The first-order valence-electron chi connectivity index (χ1n) is 8.38. The van der Waals surface area contributed by atoms with Crippen LogP contribution in [-0.4, -0.2) is 47.8 Å². The van der Waals surface area contributed by atoms with Crippen LogP contribution < -0.4 is 5.32 Å². The minimum Gasteiger partial charge on any atom is -0.351 e. The third kappa shape index (κ3) is 4.54. The summed E-state index contributed by atoms with van der Waals surface area (Å²) in [5.74, 6) is -0.0816. The van der Waals surface area contributed by atoms with E-state index in [1.165, 1.54) is 0 Å². The van der Waals surface area contributed by atoms with Gasteiger partial charge in [-0.1, -0.05) is 37.0 Å². The molecule has 0 spiro atoms. The van der Waals surface area contributed by atoms with Crippen LogP contribution in [0.1, 0.15) is 35.6 Å². The van der Waals surface area contributed by atoms with Crippen molar-refractivity contribution >= 4 is 29.1 Å². The number of nitrogens with one attached hydrogen (secondary N) is 1. The lowest BCUT2D eigenvalue weighted by Gasteiger charge is -2.12. The molecule has 0 radical (unpaired) electrons. The van der Waals surface area contributed by atoms with Crippen molar-refractivity contribution in [1.29, 1.82) is 0 Å². The maximum Gasteiger partial charge on any atom is 0.255 e. The van der Waals surface area contributed by atoms with Gasteiger partial charge in [0.15, 0.2) is 0 Å². The van der Waals surface area contributed by atoms with E-state index in [4.69, 9.17) is 23.2 Å². The molecule has 0 aliphatic rings. The Morgan fingerprint density at radius 3 is 2.48 bits per heavy atom. The first-order chi connectivity index (χ1) is 11.9. The summed E-state index contributed by atoms with van der Waals surface area (Å²) in [5, 5.41) is 8.59. The lowest BCUT2D eigenvalue weighted by molar-refractivity contribution is 0.0949. The molecule has 5 nitrogen and oxygen atoms in total. The van der Waals surface area contributed by atoms with Gasteiger partial charge in [-0.2, -0.15) is 5.10 Å². The zero-order valence-electron chi connectivity index (χ0n) is 15.1. The van der Waals surface area contributed by atoms with Crippen LogP contribution in [0.2, 0.25) is 10.0 Å². The van der Waals surface area contributed by atoms with Gasteiger partial charge in [-0.15, -0.1) is 0 Å². The topological polar surface area (TPSA) is 50.2 Å². The van der Waals surface area contributed by atoms with Crippen molar-refractivity contribution < 1.29 is 4.79 Å². The van der Waals surface area contributed by atoms with E-state index in [1.807, 2.05) is 38.9 Å². The summed E-state index contributed by atoms with van der Waals surface area (Å²) in [6, 6.07) is 5.36. The molecule has 136 valence electrons. The lowest BCUT2D eigenvalue weighted by Crippen LogP contribution is -2.32. The molecule has 0 atom stereocenters. The first kappa shape index (κ1) is 19.8. The fourth-order valence-electron chi connectivity index (χ4n) is 2.65. The summed E-state index contributed by atoms with van der Waals surface area (Å²) >= 11 is 12.2. The van der Waals surface area contributed by atoms with E-state index < -0.39 is 0 Å². The quantitative estimate of drug-likeness (QED) is 0.795. The van der Waals surface area contributed by atoms with Gasteiger partial charge in [-0.25, -0.2) is 4.68 Å². The van der Waals surface area contributed by atoms with Crippen LogP contribution in [0.3, 0.4) is 0 Å². The number of carbonyl (C=O) groups excluding carboxylic acids is 1. The average Bonchev–Trinajstić information content (AvgIpc) is 2.95. The van der Waals surface area contributed by atoms with Crippen molar-refractivity contribution in [3.63, 3.8) is 0 Å². The molecule has 1 N–H and O–H groups in total. The highest BCUT2D eigenvalue weighted by molar-refractivity contribution is 6.42. The molecule has 0 saturated carbocycles. The molecule has 0 saturated heterocycles. The van der Waals surface area contributed by atoms with Crippen molar-refractivity contribution in [3.8, 4) is 5.69 Å². The molecule has 1 aromatic carbocycles. The van der Waals surface area contributed by atoms with E-state index in [-0.39, 0.29) is 5.91 Å². The second kappa shape index (κ2) is 8.70. The van der Waals surface area contributed by atoms with E-state index in [0.717, 1.165) is 23.6 Å². The van der Waals surface area contributed by atoms with Crippen molar-refractivity contribution in [2.24, 2.45) is 0 Å². The molecular formula is C18H24Cl2N4O. The Morgan fingerprint density at radius 2 is 1.92 bits per heavy atom. The lowest BCUT2D eigenvalue weighted by atomic mass is 10.1. The SMILES string of the molecule is CCc1nn(-c2ccc(Cl)c(Cl)c2)c(CC)c1C(=O)NCCN(C)C. The van der Waals surface area contributed by atoms with Gasteiger partial charge >= 0.3 is 0 Å². The van der Waals surface area contributed by atoms with Crippen LogP contribution in [0, 0.1) is 0 Å². The van der Waals surface area contributed by atoms with Gasteiger partial charge in [0.05, 0.1) is 32.7 Å². The molecule has 1 aromatic heterocycles. The summed E-state index contributed by atoms with van der Waals surface area (Å²) in [7, 11) is 3.95. The van der Waals surface area contributed by atoms with Crippen LogP contribution in [0.25, 0.3) is 5.69 Å². The predicted octanol–water partition coefficient (Wildman–Crippen LogP) is 3.60. The molecule has 0 unspecified atom stereocenters. The number of halogens is 2. The van der Waals surface area contributed by atoms with Gasteiger partial charge in [-0.05, 0) is 45.1 Å². The number of aromatic nitrogens is 2. The molecular weight excluding hydrogens is 359 g/mol. The number of rotatable bonds is 7. The van der Waals surface area contributed by atoms with Crippen molar-refractivity contribution in [2.75, 3.05) is 27.2 Å². The minimum absolute atomic E-state index is 0.0816. The third-order valence-electron chi connectivity index (χ3n) is 3.94. The summed E-state index contributed by atoms with van der Waals surface area (Å²) in [6.45, 7) is 5.39. The number of nitrogens with zero attached hydrogens (tertiary/aromatic N) is 3. The van der Waals surface area contributed by atoms with Gasteiger partial charge in [0.2, 0.25) is 0 Å². The zero-order chi connectivity index (χ0) is 18.6. The van der Waals surface area contributed by atoms with Crippen molar-refractivity contribution in [3.05, 3.63) is 45.2 Å². The molecule has 25 heavy (non-hydrogen) atoms. The standard InChI is InChI=1S/C18H24Cl2N4O/c1-5-15-17(18(25)21-9-10-23(3)4)16(6-2)24(22-15)12-7-8-13(19)14(20)11-12/h7-8,11H,5-6,9-10H2,1-4H3,(H,21,25). The second-order valence-corrected chi connectivity index (χ2v) is 6.86. The molecule has 0 aliphatic carbocycles. The van der Waals surface area contributed by atoms with Gasteiger partial charge < -0.3 is 10.2 Å². The van der Waals surface area contributed by atoms with Crippen LogP contribution in [0.5, 0.6) is 0 Å². The van der Waals surface area contributed by atoms with Crippen LogP contribution in [0.15, 0.2) is 18.2 Å². The minimum atomic E-state index is -0.0816. The number of benzene rings is 1. The van der Waals surface area contributed by atoms with Gasteiger partial charge in [0.1, 0.15) is 0 Å². The molecule has 0 aliphatic heterocycles. The second-order valence-electron chi connectivity index (χ2n) is 6.04. The van der Waals surface area contributed by atoms with Crippen LogP contribution in [-0.2, 0) is 12.8 Å². The van der Waals surface area contributed by atoms with Crippen LogP contribution >= 0.6 is 23.2 Å². The highest BCUT2D eigenvalue weighted by Gasteiger charge is 2.22. The van der Waals surface area contributed by atoms with Gasteiger partial charge in [-0.3, -0.25) is 4.79 Å². The summed E-state index contributed by atoms with van der Waals surface area (Å²) < 4.78 is 1.79. The molecule has 2 aromatic rings. The molecule has 0 fully saturated rings. The average molecular weight is 383 g/mol. The predicted molar refractivity (Wildman–Crippen MR) is 103 cm³/mol. The Bertz CT molecular complexity index is 756. The van der Waals surface area contributed by atoms with E-state index in [1.54, 1.807) is 16.8 Å². The maximum absolute atomic E-state index is 12.7. The van der Waals surface area contributed by atoms with Gasteiger partial charge in [0.25, 0.3) is 5.91 Å². The normalized spacial score (nSPS) is 11.2. The van der Waals surface area contributed by atoms with Crippen molar-refractivity contribution in [2.45, 2.75) is 26.7 Å². The molecule has 1 heterocycles. The number of likely N-dealkylation sites (N-methyl/N-ethyl adjacent to an activating group) is 1. The molecule has 2 rings (SSSR count). The number of amides is 1.